The Bertz CT molecular complexity index is 771. The Hall–Kier alpha value is -2.33. The third kappa shape index (κ3) is 4.51. The smallest absolute Gasteiger partial charge is 0.225 e. The van der Waals surface area contributed by atoms with Crippen LogP contribution in [0, 0.1) is 5.92 Å². The molecular formula is C17H27N9O. The number of anilines is 1. The first-order chi connectivity index (χ1) is 13.2. The molecule has 1 aliphatic carbocycles. The zero-order valence-corrected chi connectivity index (χ0v) is 15.7. The van der Waals surface area contributed by atoms with Crippen molar-refractivity contribution in [3.8, 4) is 0 Å². The molecule has 0 spiro atoms. The number of nitrogens with zero attached hydrogens (tertiary/aromatic N) is 6. The van der Waals surface area contributed by atoms with E-state index in [2.05, 4.69) is 52.9 Å². The summed E-state index contributed by atoms with van der Waals surface area (Å²) in [5.41, 5.74) is 1.19. The van der Waals surface area contributed by atoms with Crippen LogP contribution in [0.4, 0.5) is 5.95 Å². The maximum absolute atomic E-state index is 12.5. The molecule has 27 heavy (non-hydrogen) atoms. The summed E-state index contributed by atoms with van der Waals surface area (Å²) in [6.07, 6.45) is 4.28. The van der Waals surface area contributed by atoms with Crippen molar-refractivity contribution in [2.45, 2.75) is 25.3 Å². The third-order valence-electron chi connectivity index (χ3n) is 5.54. The normalized spacial score (nSPS) is 24.3. The molecule has 2 atom stereocenters. The molecule has 2 aliphatic rings. The maximum Gasteiger partial charge on any atom is 0.225 e. The number of hydrogen-bond donors (Lipinski definition) is 3. The highest BCUT2D eigenvalue weighted by Gasteiger charge is 2.30. The number of hydrogen-bond acceptors (Lipinski definition) is 8. The Morgan fingerprint density at radius 2 is 2.11 bits per heavy atom. The van der Waals surface area contributed by atoms with Gasteiger partial charge in [-0.05, 0) is 26.3 Å². The maximum atomic E-state index is 12.5. The number of piperazine rings is 1. The molecule has 1 saturated heterocycles. The molecule has 10 nitrogen and oxygen atoms in total. The van der Waals surface area contributed by atoms with Crippen molar-refractivity contribution < 1.29 is 4.79 Å². The van der Waals surface area contributed by atoms with Crippen LogP contribution in [0.3, 0.4) is 0 Å². The van der Waals surface area contributed by atoms with Crippen LogP contribution in [-0.2, 0) is 4.79 Å². The van der Waals surface area contributed by atoms with Gasteiger partial charge in [0.2, 0.25) is 17.5 Å². The largest absolute Gasteiger partial charge is 0.355 e. The molecule has 0 aromatic carbocycles. The first-order valence-electron chi connectivity index (χ1n) is 9.66. The Morgan fingerprint density at radius 1 is 1.26 bits per heavy atom. The predicted molar refractivity (Wildman–Crippen MR) is 101 cm³/mol. The Labute approximate surface area is 158 Å². The van der Waals surface area contributed by atoms with Crippen molar-refractivity contribution >= 4 is 23.0 Å². The minimum Gasteiger partial charge on any atom is -0.355 e. The van der Waals surface area contributed by atoms with Gasteiger partial charge in [-0.2, -0.15) is 15.3 Å². The summed E-state index contributed by atoms with van der Waals surface area (Å²) in [7, 11) is 2.15. The van der Waals surface area contributed by atoms with Gasteiger partial charge in [0, 0.05) is 51.2 Å². The molecule has 2 fully saturated rings. The molecule has 146 valence electrons. The lowest BCUT2D eigenvalue weighted by Gasteiger charge is -2.32. The number of amides is 1. The summed E-state index contributed by atoms with van der Waals surface area (Å²) >= 11 is 0. The zero-order chi connectivity index (χ0) is 18.6. The molecule has 0 bridgehead atoms. The first-order valence-corrected chi connectivity index (χ1v) is 9.66. The first kappa shape index (κ1) is 18.1. The fourth-order valence-corrected chi connectivity index (χ4v) is 3.81. The highest BCUT2D eigenvalue weighted by Crippen LogP contribution is 2.27. The highest BCUT2D eigenvalue weighted by molar-refractivity contribution is 5.79. The van der Waals surface area contributed by atoms with Crippen molar-refractivity contribution in [1.29, 1.82) is 0 Å². The van der Waals surface area contributed by atoms with Crippen molar-refractivity contribution in [1.82, 2.24) is 40.5 Å². The van der Waals surface area contributed by atoms with Crippen molar-refractivity contribution in [2.75, 3.05) is 51.6 Å². The SMILES string of the molecule is CN1CCN(CCNC(=O)[C@@H]2CCC(Nc3ncc4n[nH]nc4n3)C2)CC1. The Kier molecular flexibility index (Phi) is 5.44. The van der Waals surface area contributed by atoms with E-state index < -0.39 is 0 Å². The fourth-order valence-electron chi connectivity index (χ4n) is 3.81. The molecule has 3 N–H and O–H groups in total. The van der Waals surface area contributed by atoms with Crippen LogP contribution in [-0.4, -0.2) is 93.4 Å². The van der Waals surface area contributed by atoms with Crippen molar-refractivity contribution in [3.63, 3.8) is 0 Å². The minimum absolute atomic E-state index is 0.0609. The monoisotopic (exact) mass is 373 g/mol. The average molecular weight is 373 g/mol. The minimum atomic E-state index is 0.0609. The van der Waals surface area contributed by atoms with Gasteiger partial charge in [0.15, 0.2) is 0 Å². The second kappa shape index (κ2) is 8.13. The van der Waals surface area contributed by atoms with Crippen LogP contribution in [0.25, 0.3) is 11.2 Å². The second-order valence-electron chi connectivity index (χ2n) is 7.51. The molecule has 2 aromatic heterocycles. The van der Waals surface area contributed by atoms with Gasteiger partial charge in [0.25, 0.3) is 0 Å². The van der Waals surface area contributed by atoms with Crippen molar-refractivity contribution in [3.05, 3.63) is 6.20 Å². The summed E-state index contributed by atoms with van der Waals surface area (Å²) in [4.78, 5) is 25.8. The van der Waals surface area contributed by atoms with E-state index in [1.54, 1.807) is 6.20 Å². The lowest BCUT2D eigenvalue weighted by atomic mass is 10.1. The molecule has 1 aliphatic heterocycles. The lowest BCUT2D eigenvalue weighted by Crippen LogP contribution is -2.47. The standard InChI is InChI=1S/C17H27N9O/c1-25-6-8-26(9-7-25)5-4-18-16(27)12-2-3-13(10-12)20-17-19-11-14-15(21-17)23-24-22-14/h11-13H,2-10H2,1H3,(H,18,27)(H2,19,20,21,22,23,24)/t12-,13?/m1/s1. The lowest BCUT2D eigenvalue weighted by molar-refractivity contribution is -0.124. The highest BCUT2D eigenvalue weighted by atomic mass is 16.1. The van der Waals surface area contributed by atoms with E-state index in [4.69, 9.17) is 0 Å². The van der Waals surface area contributed by atoms with Crippen LogP contribution in [0.1, 0.15) is 19.3 Å². The number of H-pyrrole nitrogens is 1. The number of nitrogens with one attached hydrogen (secondary N) is 3. The van der Waals surface area contributed by atoms with Gasteiger partial charge in [-0.3, -0.25) is 9.69 Å². The number of carbonyl (C=O) groups excluding carboxylic acids is 1. The van der Waals surface area contributed by atoms with E-state index in [-0.39, 0.29) is 17.9 Å². The Balaban J connectivity index is 1.20. The quantitative estimate of drug-likeness (QED) is 0.632. The predicted octanol–water partition coefficient (Wildman–Crippen LogP) is -0.308. The number of carbonyl (C=O) groups is 1. The average Bonchev–Trinajstić information content (AvgIpc) is 3.32. The molecule has 0 radical (unpaired) electrons. The molecule has 3 heterocycles. The molecule has 1 saturated carbocycles. The van der Waals surface area contributed by atoms with Crippen molar-refractivity contribution in [2.24, 2.45) is 5.92 Å². The molecule has 1 amide bonds. The molecule has 1 unspecified atom stereocenters. The van der Waals surface area contributed by atoms with E-state index >= 15 is 0 Å². The zero-order valence-electron chi connectivity index (χ0n) is 15.7. The second-order valence-corrected chi connectivity index (χ2v) is 7.51. The van der Waals surface area contributed by atoms with Gasteiger partial charge in [-0.1, -0.05) is 0 Å². The number of aromatic nitrogens is 5. The van der Waals surface area contributed by atoms with Crippen LogP contribution in [0.2, 0.25) is 0 Å². The fraction of sp³-hybridized carbons (Fsp3) is 0.706. The van der Waals surface area contributed by atoms with Gasteiger partial charge >= 0.3 is 0 Å². The molecule has 2 aromatic rings. The third-order valence-corrected chi connectivity index (χ3v) is 5.54. The Morgan fingerprint density at radius 3 is 2.96 bits per heavy atom. The molecule has 4 rings (SSSR count). The van der Waals surface area contributed by atoms with Crippen LogP contribution in [0.15, 0.2) is 6.20 Å². The summed E-state index contributed by atoms with van der Waals surface area (Å²) in [5, 5.41) is 16.9. The van der Waals surface area contributed by atoms with Crippen LogP contribution in [0.5, 0.6) is 0 Å². The van der Waals surface area contributed by atoms with E-state index in [1.165, 1.54) is 0 Å². The molecule has 10 heteroatoms. The van der Waals surface area contributed by atoms with E-state index in [0.717, 1.165) is 58.5 Å². The van der Waals surface area contributed by atoms with E-state index in [0.29, 0.717) is 17.1 Å². The van der Waals surface area contributed by atoms with Gasteiger partial charge in [0.05, 0.1) is 6.20 Å². The molecular weight excluding hydrogens is 346 g/mol. The summed E-state index contributed by atoms with van der Waals surface area (Å²) < 4.78 is 0. The summed E-state index contributed by atoms with van der Waals surface area (Å²) in [6, 6.07) is 0.211. The van der Waals surface area contributed by atoms with Gasteiger partial charge in [-0.25, -0.2) is 4.98 Å². The van der Waals surface area contributed by atoms with Gasteiger partial charge in [0.1, 0.15) is 5.52 Å². The van der Waals surface area contributed by atoms with Gasteiger partial charge < -0.3 is 15.5 Å². The van der Waals surface area contributed by atoms with Crippen LogP contribution >= 0.6 is 0 Å². The summed E-state index contributed by atoms with van der Waals surface area (Å²) in [5.74, 6) is 0.768. The number of fused-ring (bicyclic) bond motifs is 1. The topological polar surface area (TPSA) is 115 Å². The van der Waals surface area contributed by atoms with Crippen LogP contribution < -0.4 is 10.6 Å². The number of likely N-dealkylation sites (N-methyl/N-ethyl adjacent to an activating group) is 1. The number of aromatic amines is 1. The van der Waals surface area contributed by atoms with E-state index in [1.807, 2.05) is 0 Å². The summed E-state index contributed by atoms with van der Waals surface area (Å²) in [6.45, 7) is 6.02. The van der Waals surface area contributed by atoms with Gasteiger partial charge in [-0.15, -0.1) is 5.10 Å². The number of rotatable bonds is 6. The van der Waals surface area contributed by atoms with E-state index in [9.17, 15) is 4.79 Å².